The summed E-state index contributed by atoms with van der Waals surface area (Å²) in [6.45, 7) is 2.07. The monoisotopic (exact) mass is 336 g/mol. The van der Waals surface area contributed by atoms with Gasteiger partial charge in [-0.1, -0.05) is 19.1 Å². The first-order chi connectivity index (χ1) is 12.1. The summed E-state index contributed by atoms with van der Waals surface area (Å²) in [4.78, 5) is 20.4. The lowest BCUT2D eigenvalue weighted by molar-refractivity contribution is 0.102. The Morgan fingerprint density at radius 3 is 2.36 bits per heavy atom. The Kier molecular flexibility index (Phi) is 4.99. The molecule has 0 spiro atoms. The van der Waals surface area contributed by atoms with Crippen LogP contribution < -0.4 is 10.6 Å². The van der Waals surface area contributed by atoms with E-state index in [-0.39, 0.29) is 17.4 Å². The third-order valence-electron chi connectivity index (χ3n) is 3.64. The molecule has 1 amide bonds. The zero-order valence-electron chi connectivity index (χ0n) is 13.7. The number of carbonyl (C=O) groups excluding carboxylic acids is 1. The van der Waals surface area contributed by atoms with E-state index in [9.17, 15) is 9.18 Å². The first kappa shape index (κ1) is 16.6. The lowest BCUT2D eigenvalue weighted by Gasteiger charge is -2.08. The van der Waals surface area contributed by atoms with Crippen molar-refractivity contribution in [2.45, 2.75) is 13.3 Å². The number of amides is 1. The number of hydrogen-bond donors (Lipinski definition) is 2. The molecule has 126 valence electrons. The summed E-state index contributed by atoms with van der Waals surface area (Å²) in [5.74, 6) is -0.190. The van der Waals surface area contributed by atoms with Crippen LogP contribution in [0.1, 0.15) is 23.0 Å². The van der Waals surface area contributed by atoms with E-state index in [0.717, 1.165) is 6.42 Å². The Balaban J connectivity index is 1.71. The van der Waals surface area contributed by atoms with Gasteiger partial charge in [0.25, 0.3) is 5.91 Å². The lowest BCUT2D eigenvalue weighted by Crippen LogP contribution is -2.14. The molecule has 0 bridgehead atoms. The largest absolute Gasteiger partial charge is 0.340 e. The van der Waals surface area contributed by atoms with Gasteiger partial charge in [0.1, 0.15) is 23.7 Å². The summed E-state index contributed by atoms with van der Waals surface area (Å²) in [5, 5.41) is 5.81. The highest BCUT2D eigenvalue weighted by atomic mass is 19.1. The number of nitrogens with one attached hydrogen (secondary N) is 2. The van der Waals surface area contributed by atoms with Gasteiger partial charge in [-0.25, -0.2) is 14.4 Å². The highest BCUT2D eigenvalue weighted by Gasteiger charge is 2.09. The van der Waals surface area contributed by atoms with Crippen LogP contribution in [0.3, 0.4) is 0 Å². The summed E-state index contributed by atoms with van der Waals surface area (Å²) in [6, 6.07) is 15.1. The van der Waals surface area contributed by atoms with E-state index >= 15 is 0 Å². The van der Waals surface area contributed by atoms with E-state index in [1.54, 1.807) is 18.2 Å². The molecule has 0 fully saturated rings. The maximum Gasteiger partial charge on any atom is 0.274 e. The van der Waals surface area contributed by atoms with Gasteiger partial charge in [-0.15, -0.1) is 0 Å². The van der Waals surface area contributed by atoms with Crippen molar-refractivity contribution in [1.29, 1.82) is 0 Å². The topological polar surface area (TPSA) is 66.9 Å². The van der Waals surface area contributed by atoms with Crippen LogP contribution in [0.15, 0.2) is 60.9 Å². The number of halogens is 1. The molecule has 0 aliphatic carbocycles. The summed E-state index contributed by atoms with van der Waals surface area (Å²) in [6.07, 6.45) is 2.25. The van der Waals surface area contributed by atoms with Crippen molar-refractivity contribution in [2.75, 3.05) is 10.6 Å². The number of nitrogens with zero attached hydrogens (tertiary/aromatic N) is 2. The molecule has 0 radical (unpaired) electrons. The molecule has 2 N–H and O–H groups in total. The fourth-order valence-corrected chi connectivity index (χ4v) is 2.25. The van der Waals surface area contributed by atoms with E-state index < -0.39 is 0 Å². The Hall–Kier alpha value is -3.28. The van der Waals surface area contributed by atoms with Gasteiger partial charge in [0.05, 0.1) is 0 Å². The molecule has 3 rings (SSSR count). The molecule has 0 unspecified atom stereocenters. The van der Waals surface area contributed by atoms with Crippen molar-refractivity contribution in [3.63, 3.8) is 0 Å². The Morgan fingerprint density at radius 1 is 1.00 bits per heavy atom. The number of benzene rings is 2. The minimum atomic E-state index is -0.325. The van der Waals surface area contributed by atoms with Crippen LogP contribution in [0, 0.1) is 5.82 Å². The van der Waals surface area contributed by atoms with Crippen LogP contribution in [0.25, 0.3) is 0 Å². The molecule has 1 heterocycles. The second-order valence-corrected chi connectivity index (χ2v) is 5.42. The molecule has 0 saturated heterocycles. The third kappa shape index (κ3) is 4.38. The SMILES string of the molecule is CCc1ccc(NC(=O)c2cc(Nc3ccc(F)cc3)ncn2)cc1. The van der Waals surface area contributed by atoms with Gasteiger partial charge in [-0.2, -0.15) is 0 Å². The predicted octanol–water partition coefficient (Wildman–Crippen LogP) is 4.17. The fourth-order valence-electron chi connectivity index (χ4n) is 2.25. The minimum Gasteiger partial charge on any atom is -0.340 e. The Morgan fingerprint density at radius 2 is 1.68 bits per heavy atom. The smallest absolute Gasteiger partial charge is 0.274 e. The summed E-state index contributed by atoms with van der Waals surface area (Å²) in [5.41, 5.74) is 2.81. The van der Waals surface area contributed by atoms with Crippen molar-refractivity contribution < 1.29 is 9.18 Å². The van der Waals surface area contributed by atoms with Gasteiger partial charge >= 0.3 is 0 Å². The predicted molar refractivity (Wildman–Crippen MR) is 95.5 cm³/mol. The van der Waals surface area contributed by atoms with Crippen LogP contribution in [0.5, 0.6) is 0 Å². The van der Waals surface area contributed by atoms with Crippen LogP contribution in [0.4, 0.5) is 21.6 Å². The average Bonchev–Trinajstić information content (AvgIpc) is 2.64. The van der Waals surface area contributed by atoms with Gasteiger partial charge < -0.3 is 10.6 Å². The van der Waals surface area contributed by atoms with Crippen LogP contribution in [0.2, 0.25) is 0 Å². The van der Waals surface area contributed by atoms with Gasteiger partial charge in [0.15, 0.2) is 0 Å². The van der Waals surface area contributed by atoms with E-state index in [2.05, 4.69) is 27.5 Å². The van der Waals surface area contributed by atoms with Crippen molar-refractivity contribution >= 4 is 23.1 Å². The highest BCUT2D eigenvalue weighted by molar-refractivity contribution is 6.03. The number of hydrogen-bond acceptors (Lipinski definition) is 4. The van der Waals surface area contributed by atoms with E-state index in [1.165, 1.54) is 24.0 Å². The van der Waals surface area contributed by atoms with Crippen molar-refractivity contribution in [2.24, 2.45) is 0 Å². The summed E-state index contributed by atoms with van der Waals surface area (Å²) >= 11 is 0. The number of aromatic nitrogens is 2. The Labute approximate surface area is 145 Å². The van der Waals surface area contributed by atoms with Crippen LogP contribution >= 0.6 is 0 Å². The summed E-state index contributed by atoms with van der Waals surface area (Å²) in [7, 11) is 0. The minimum absolute atomic E-state index is 0.235. The number of rotatable bonds is 5. The molecule has 6 heteroatoms. The molecule has 2 aromatic carbocycles. The van der Waals surface area contributed by atoms with Gasteiger partial charge in [0.2, 0.25) is 0 Å². The molecule has 25 heavy (non-hydrogen) atoms. The maximum atomic E-state index is 12.9. The van der Waals surface area contributed by atoms with E-state index in [4.69, 9.17) is 0 Å². The van der Waals surface area contributed by atoms with Crippen molar-refractivity contribution in [1.82, 2.24) is 9.97 Å². The van der Waals surface area contributed by atoms with Crippen LogP contribution in [-0.4, -0.2) is 15.9 Å². The van der Waals surface area contributed by atoms with Gasteiger partial charge in [-0.05, 0) is 48.4 Å². The molecule has 0 aliphatic heterocycles. The van der Waals surface area contributed by atoms with Crippen molar-refractivity contribution in [3.05, 3.63) is 78.0 Å². The quantitative estimate of drug-likeness (QED) is 0.734. The Bertz CT molecular complexity index is 863. The zero-order chi connectivity index (χ0) is 17.6. The summed E-state index contributed by atoms with van der Waals surface area (Å²) < 4.78 is 12.9. The standard InChI is InChI=1S/C19H17FN4O/c1-2-13-3-7-16(8-4-13)24-19(25)17-11-18(22-12-21-17)23-15-9-5-14(20)6-10-15/h3-12H,2H2,1H3,(H,24,25)(H,21,22,23). The van der Waals surface area contributed by atoms with E-state index in [0.29, 0.717) is 17.2 Å². The second-order valence-electron chi connectivity index (χ2n) is 5.42. The van der Waals surface area contributed by atoms with Gasteiger partial charge in [-0.3, -0.25) is 4.79 Å². The number of aryl methyl sites for hydroxylation is 1. The average molecular weight is 336 g/mol. The van der Waals surface area contributed by atoms with E-state index in [1.807, 2.05) is 24.3 Å². The maximum absolute atomic E-state index is 12.9. The molecular formula is C19H17FN4O. The lowest BCUT2D eigenvalue weighted by atomic mass is 10.1. The van der Waals surface area contributed by atoms with Crippen molar-refractivity contribution in [3.8, 4) is 0 Å². The zero-order valence-corrected chi connectivity index (χ0v) is 13.7. The fraction of sp³-hybridized carbons (Fsp3) is 0.105. The first-order valence-corrected chi connectivity index (χ1v) is 7.89. The molecule has 3 aromatic rings. The molecule has 5 nitrogen and oxygen atoms in total. The molecule has 1 aromatic heterocycles. The third-order valence-corrected chi connectivity index (χ3v) is 3.64. The molecule has 0 saturated carbocycles. The normalized spacial score (nSPS) is 10.3. The molecular weight excluding hydrogens is 319 g/mol. The first-order valence-electron chi connectivity index (χ1n) is 7.89. The van der Waals surface area contributed by atoms with Crippen LogP contribution in [-0.2, 0) is 6.42 Å². The van der Waals surface area contributed by atoms with Gasteiger partial charge in [0, 0.05) is 17.4 Å². The number of anilines is 3. The second kappa shape index (κ2) is 7.53. The molecule has 0 atom stereocenters. The molecule has 0 aliphatic rings. The number of carbonyl (C=O) groups is 1. The highest BCUT2D eigenvalue weighted by Crippen LogP contribution is 2.16.